The van der Waals surface area contributed by atoms with Crippen molar-refractivity contribution in [2.45, 2.75) is 33.3 Å². The summed E-state index contributed by atoms with van der Waals surface area (Å²) in [5, 5.41) is 10.2. The van der Waals surface area contributed by atoms with E-state index >= 15 is 0 Å². The Morgan fingerprint density at radius 2 is 1.83 bits per heavy atom. The van der Waals surface area contributed by atoms with E-state index in [-0.39, 0.29) is 0 Å². The van der Waals surface area contributed by atoms with Gasteiger partial charge >= 0.3 is 0 Å². The molecular formula is C15H17ClOS. The molecule has 2 aromatic rings. The molecule has 1 aromatic carbocycles. The zero-order valence-corrected chi connectivity index (χ0v) is 12.4. The molecule has 0 bridgehead atoms. The quantitative estimate of drug-likeness (QED) is 0.871. The molecule has 0 amide bonds. The van der Waals surface area contributed by atoms with E-state index in [2.05, 4.69) is 32.0 Å². The van der Waals surface area contributed by atoms with Crippen molar-refractivity contribution in [1.29, 1.82) is 0 Å². The van der Waals surface area contributed by atoms with E-state index in [1.807, 2.05) is 13.0 Å². The molecule has 1 aromatic heterocycles. The van der Waals surface area contributed by atoms with Crippen molar-refractivity contribution in [2.24, 2.45) is 0 Å². The van der Waals surface area contributed by atoms with Gasteiger partial charge in [-0.25, -0.2) is 0 Å². The lowest BCUT2D eigenvalue weighted by molar-refractivity contribution is 0.182. The molecule has 18 heavy (non-hydrogen) atoms. The highest BCUT2D eigenvalue weighted by atomic mass is 35.5. The number of rotatable bonds is 3. The molecule has 0 aliphatic heterocycles. The fourth-order valence-corrected chi connectivity index (χ4v) is 3.11. The summed E-state index contributed by atoms with van der Waals surface area (Å²) in [6.45, 7) is 6.15. The van der Waals surface area contributed by atoms with Crippen molar-refractivity contribution in [3.8, 4) is 0 Å². The Balaban J connectivity index is 2.15. The molecule has 1 unspecified atom stereocenters. The van der Waals surface area contributed by atoms with E-state index in [0.29, 0.717) is 6.42 Å². The Kier molecular flexibility index (Phi) is 4.10. The maximum atomic E-state index is 10.2. The van der Waals surface area contributed by atoms with Crippen LogP contribution in [0.5, 0.6) is 0 Å². The number of hydrogen-bond donors (Lipinski definition) is 1. The number of halogens is 1. The number of benzene rings is 1. The molecule has 0 fully saturated rings. The highest BCUT2D eigenvalue weighted by molar-refractivity contribution is 7.16. The third kappa shape index (κ3) is 2.94. The molecule has 0 spiro atoms. The molecule has 3 heteroatoms. The largest absolute Gasteiger partial charge is 0.387 e. The standard InChI is InChI=1S/C15H17ClOS/c1-9-4-5-12(6-10(9)2)8-13(17)14-7-11(3)15(16)18-14/h4-7,13,17H,8H2,1-3H3. The highest BCUT2D eigenvalue weighted by Crippen LogP contribution is 2.32. The first-order valence-corrected chi connectivity index (χ1v) is 7.17. The van der Waals surface area contributed by atoms with Gasteiger partial charge in [-0.2, -0.15) is 0 Å². The minimum atomic E-state index is -0.469. The molecule has 0 aliphatic rings. The topological polar surface area (TPSA) is 20.2 Å². The van der Waals surface area contributed by atoms with Crippen LogP contribution in [-0.4, -0.2) is 5.11 Å². The van der Waals surface area contributed by atoms with Gasteiger partial charge in [0.2, 0.25) is 0 Å². The number of hydrogen-bond acceptors (Lipinski definition) is 2. The van der Waals surface area contributed by atoms with Crippen LogP contribution in [-0.2, 0) is 6.42 Å². The van der Waals surface area contributed by atoms with Crippen LogP contribution in [0.4, 0.5) is 0 Å². The van der Waals surface area contributed by atoms with Gasteiger partial charge < -0.3 is 5.11 Å². The van der Waals surface area contributed by atoms with E-state index in [1.165, 1.54) is 22.5 Å². The molecule has 0 saturated heterocycles. The Labute approximate surface area is 117 Å². The van der Waals surface area contributed by atoms with E-state index in [9.17, 15) is 5.11 Å². The lowest BCUT2D eigenvalue weighted by Gasteiger charge is -2.10. The lowest BCUT2D eigenvalue weighted by Crippen LogP contribution is -2.00. The smallest absolute Gasteiger partial charge is 0.0961 e. The van der Waals surface area contributed by atoms with Gasteiger partial charge in [0.05, 0.1) is 10.4 Å². The first kappa shape index (κ1) is 13.6. The van der Waals surface area contributed by atoms with Gasteiger partial charge in [-0.1, -0.05) is 29.8 Å². The van der Waals surface area contributed by atoms with Crippen molar-refractivity contribution in [3.63, 3.8) is 0 Å². The zero-order chi connectivity index (χ0) is 13.3. The third-order valence-electron chi connectivity index (χ3n) is 3.21. The average molecular weight is 281 g/mol. The van der Waals surface area contributed by atoms with Gasteiger partial charge in [0, 0.05) is 11.3 Å². The molecule has 0 saturated carbocycles. The summed E-state index contributed by atoms with van der Waals surface area (Å²) < 4.78 is 0.768. The highest BCUT2D eigenvalue weighted by Gasteiger charge is 2.13. The average Bonchev–Trinajstić information content (AvgIpc) is 2.65. The second-order valence-electron chi connectivity index (χ2n) is 4.74. The summed E-state index contributed by atoms with van der Waals surface area (Å²) in [4.78, 5) is 0.940. The number of aliphatic hydroxyl groups is 1. The molecule has 1 N–H and O–H groups in total. The van der Waals surface area contributed by atoms with Crippen LogP contribution in [0, 0.1) is 20.8 Å². The van der Waals surface area contributed by atoms with Crippen molar-refractivity contribution in [2.75, 3.05) is 0 Å². The van der Waals surface area contributed by atoms with Crippen molar-refractivity contribution in [3.05, 3.63) is 55.7 Å². The summed E-state index contributed by atoms with van der Waals surface area (Å²) in [6, 6.07) is 8.29. The van der Waals surface area contributed by atoms with Gasteiger partial charge in [0.15, 0.2) is 0 Å². The van der Waals surface area contributed by atoms with Crippen LogP contribution in [0.25, 0.3) is 0 Å². The summed E-state index contributed by atoms with van der Waals surface area (Å²) in [5.41, 5.74) is 4.74. The summed E-state index contributed by atoms with van der Waals surface area (Å²) in [5.74, 6) is 0. The maximum absolute atomic E-state index is 10.2. The molecule has 2 rings (SSSR count). The molecule has 1 nitrogen and oxygen atoms in total. The Morgan fingerprint density at radius 3 is 2.39 bits per heavy atom. The van der Waals surface area contributed by atoms with E-state index in [4.69, 9.17) is 11.6 Å². The molecular weight excluding hydrogens is 264 g/mol. The Hall–Kier alpha value is -0.830. The summed E-state index contributed by atoms with van der Waals surface area (Å²) in [6.07, 6.45) is 0.167. The molecule has 1 atom stereocenters. The third-order valence-corrected chi connectivity index (χ3v) is 4.86. The van der Waals surface area contributed by atoms with Gasteiger partial charge in [-0.05, 0) is 49.1 Å². The van der Waals surface area contributed by atoms with Crippen LogP contribution in [0.3, 0.4) is 0 Å². The van der Waals surface area contributed by atoms with E-state index < -0.39 is 6.10 Å². The summed E-state index contributed by atoms with van der Waals surface area (Å²) in [7, 11) is 0. The SMILES string of the molecule is Cc1ccc(CC(O)c2cc(C)c(Cl)s2)cc1C. The van der Waals surface area contributed by atoms with Crippen LogP contribution >= 0.6 is 22.9 Å². The van der Waals surface area contributed by atoms with Crippen LogP contribution in [0.2, 0.25) is 4.34 Å². The number of aliphatic hydroxyl groups excluding tert-OH is 1. The monoisotopic (exact) mass is 280 g/mol. The van der Waals surface area contributed by atoms with Crippen LogP contribution < -0.4 is 0 Å². The van der Waals surface area contributed by atoms with Crippen LogP contribution in [0.1, 0.15) is 33.2 Å². The lowest BCUT2D eigenvalue weighted by atomic mass is 10.0. The molecule has 96 valence electrons. The molecule has 0 radical (unpaired) electrons. The minimum Gasteiger partial charge on any atom is -0.387 e. The van der Waals surface area contributed by atoms with E-state index in [0.717, 1.165) is 20.3 Å². The molecule has 0 aliphatic carbocycles. The Bertz CT molecular complexity index is 540. The number of thiophene rings is 1. The van der Waals surface area contributed by atoms with Gasteiger partial charge in [0.25, 0.3) is 0 Å². The maximum Gasteiger partial charge on any atom is 0.0961 e. The van der Waals surface area contributed by atoms with Gasteiger partial charge in [-0.3, -0.25) is 0 Å². The van der Waals surface area contributed by atoms with Crippen LogP contribution in [0.15, 0.2) is 24.3 Å². The van der Waals surface area contributed by atoms with Gasteiger partial charge in [-0.15, -0.1) is 11.3 Å². The Morgan fingerprint density at radius 1 is 1.11 bits per heavy atom. The fraction of sp³-hybridized carbons (Fsp3) is 0.333. The first-order chi connectivity index (χ1) is 8.47. The first-order valence-electron chi connectivity index (χ1n) is 5.97. The second kappa shape index (κ2) is 5.43. The van der Waals surface area contributed by atoms with Crippen molar-refractivity contribution < 1.29 is 5.11 Å². The number of aryl methyl sites for hydroxylation is 3. The fourth-order valence-electron chi connectivity index (χ4n) is 1.90. The zero-order valence-electron chi connectivity index (χ0n) is 10.8. The van der Waals surface area contributed by atoms with Crippen molar-refractivity contribution in [1.82, 2.24) is 0 Å². The van der Waals surface area contributed by atoms with E-state index in [1.54, 1.807) is 0 Å². The summed E-state index contributed by atoms with van der Waals surface area (Å²) >= 11 is 7.49. The van der Waals surface area contributed by atoms with Gasteiger partial charge in [0.1, 0.15) is 0 Å². The predicted molar refractivity (Wildman–Crippen MR) is 78.6 cm³/mol. The molecule has 1 heterocycles. The van der Waals surface area contributed by atoms with Crippen molar-refractivity contribution >= 4 is 22.9 Å². The second-order valence-corrected chi connectivity index (χ2v) is 6.43. The predicted octanol–water partition coefficient (Wildman–Crippen LogP) is 4.60. The minimum absolute atomic E-state index is 0.469. The normalized spacial score (nSPS) is 12.7.